The number of halogens is 6. The second-order valence-electron chi connectivity index (χ2n) is 5.64. The first-order chi connectivity index (χ1) is 9.27. The second-order valence-corrected chi connectivity index (χ2v) is 29.9. The Labute approximate surface area is 158 Å². The van der Waals surface area contributed by atoms with Crippen LogP contribution < -0.4 is 0 Å². The summed E-state index contributed by atoms with van der Waals surface area (Å²) in [5.74, 6) is 1.93. The van der Waals surface area contributed by atoms with Crippen LogP contribution in [-0.4, -0.2) is 32.0 Å². The number of hydrogen-bond donors (Lipinski definition) is 0. The molecule has 0 spiro atoms. The average Bonchev–Trinajstić information content (AvgIpc) is 2.16. The van der Waals surface area contributed by atoms with E-state index in [0.29, 0.717) is 18.1 Å². The van der Waals surface area contributed by atoms with E-state index in [-0.39, 0.29) is 0 Å². The fourth-order valence-electron chi connectivity index (χ4n) is 2.05. The molecule has 1 aromatic heterocycles. The predicted octanol–water partition coefficient (Wildman–Crippen LogP) is 5.31. The zero-order valence-corrected chi connectivity index (χ0v) is 19.5. The molecule has 0 aliphatic carbocycles. The fourth-order valence-corrected chi connectivity index (χ4v) is 7.42. The molecule has 1 rings (SSSR count). The SMILES string of the molecule is C[Si](Cl)(Cl)Cc1cbnc(C[Si](C)(Cl)Cl)c1C[Si](C)(Cl)Cl. The molecule has 1 heterocycles. The zero-order chi connectivity index (χ0) is 16.5. The number of nitrogens with zero attached hydrogens (tertiary/aromatic N) is 1. The van der Waals surface area contributed by atoms with Crippen LogP contribution in [0, 0.1) is 0 Å². The third kappa shape index (κ3) is 8.96. The second kappa shape index (κ2) is 7.75. The Morgan fingerprint density at radius 2 is 1.33 bits per heavy atom. The van der Waals surface area contributed by atoms with E-state index in [1.54, 1.807) is 7.05 Å². The number of rotatable bonds is 6. The maximum atomic E-state index is 6.32. The molecule has 0 fully saturated rings. The molecule has 0 aromatic carbocycles. The first-order valence-corrected chi connectivity index (χ1v) is 20.6. The number of aromatic nitrogens is 1. The molecule has 0 N–H and O–H groups in total. The van der Waals surface area contributed by atoms with Crippen molar-refractivity contribution in [3.8, 4) is 0 Å². The van der Waals surface area contributed by atoms with E-state index in [1.807, 2.05) is 25.6 Å². The van der Waals surface area contributed by atoms with E-state index < -0.39 is 20.1 Å². The molecule has 0 bridgehead atoms. The van der Waals surface area contributed by atoms with Crippen molar-refractivity contribution in [1.82, 2.24) is 4.89 Å². The average molecular weight is 458 g/mol. The van der Waals surface area contributed by atoms with Crippen LogP contribution in [0.2, 0.25) is 19.6 Å². The van der Waals surface area contributed by atoms with Crippen molar-refractivity contribution in [2.45, 2.75) is 37.8 Å². The molecular weight excluding hydrogens is 442 g/mol. The van der Waals surface area contributed by atoms with Crippen molar-refractivity contribution in [2.24, 2.45) is 0 Å². The van der Waals surface area contributed by atoms with Crippen molar-refractivity contribution in [1.29, 1.82) is 0 Å². The minimum atomic E-state index is -2.35. The van der Waals surface area contributed by atoms with Gasteiger partial charge < -0.3 is 0 Å². The van der Waals surface area contributed by atoms with Crippen LogP contribution >= 0.6 is 66.5 Å². The van der Waals surface area contributed by atoms with Gasteiger partial charge in [-0.1, -0.05) is 0 Å². The summed E-state index contributed by atoms with van der Waals surface area (Å²) in [4.78, 5) is 4.44. The molecule has 0 saturated carbocycles. The molecule has 0 radical (unpaired) electrons. The van der Waals surface area contributed by atoms with Gasteiger partial charge in [-0.3, -0.25) is 0 Å². The topological polar surface area (TPSA) is 12.9 Å². The van der Waals surface area contributed by atoms with Crippen LogP contribution in [0.15, 0.2) is 5.96 Å². The Bertz CT molecular complexity index is 463. The van der Waals surface area contributed by atoms with Crippen molar-refractivity contribution in [3.63, 3.8) is 0 Å². The van der Waals surface area contributed by atoms with Gasteiger partial charge in [0.25, 0.3) is 0 Å². The summed E-state index contributed by atoms with van der Waals surface area (Å²) in [6.07, 6.45) is 0. The summed E-state index contributed by atoms with van der Waals surface area (Å²) in [6, 6.07) is 1.77. The van der Waals surface area contributed by atoms with Crippen molar-refractivity contribution in [2.75, 3.05) is 0 Å². The molecule has 118 valence electrons. The maximum absolute atomic E-state index is 6.32. The Kier molecular flexibility index (Phi) is 7.66. The Morgan fingerprint density at radius 3 is 1.76 bits per heavy atom. The standard InChI is InChI=1S/C10H16BCl6NSi3/c1-19(12,13)5-8-4-11-18-10(7-21(3,16)17)9(8)6-20(2,14)15/h4H,5-7H2,1-3H3. The molecule has 1 nitrogen and oxygen atoms in total. The quantitative estimate of drug-likeness (QED) is 0.416. The van der Waals surface area contributed by atoms with Crippen molar-refractivity contribution in [3.05, 3.63) is 22.8 Å². The third-order valence-corrected chi connectivity index (χ3v) is 8.05. The van der Waals surface area contributed by atoms with Gasteiger partial charge >= 0.3 is 159 Å². The van der Waals surface area contributed by atoms with Gasteiger partial charge in [-0.2, -0.15) is 0 Å². The third-order valence-electron chi connectivity index (χ3n) is 2.71. The summed E-state index contributed by atoms with van der Waals surface area (Å²) in [5, 5.41) is 0. The van der Waals surface area contributed by atoms with Crippen molar-refractivity contribution >= 4 is 93.6 Å². The molecule has 0 aliphatic heterocycles. The molecule has 11 heteroatoms. The normalized spacial score (nSPS) is 13.4. The van der Waals surface area contributed by atoms with Gasteiger partial charge in [-0.05, 0) is 0 Å². The van der Waals surface area contributed by atoms with Crippen molar-refractivity contribution < 1.29 is 0 Å². The predicted molar refractivity (Wildman–Crippen MR) is 107 cm³/mol. The summed E-state index contributed by atoms with van der Waals surface area (Å²) >= 11 is 37.7. The Balaban J connectivity index is 3.27. The fraction of sp³-hybridized carbons (Fsp3) is 0.600. The van der Waals surface area contributed by atoms with Crippen LogP contribution in [0.5, 0.6) is 0 Å². The molecule has 21 heavy (non-hydrogen) atoms. The summed E-state index contributed by atoms with van der Waals surface area (Å²) in [6.45, 7) is -1.33. The molecule has 0 atom stereocenters. The molecule has 1 aromatic rings. The van der Waals surface area contributed by atoms with Gasteiger partial charge in [0, 0.05) is 0 Å². The van der Waals surface area contributed by atoms with Crippen LogP contribution in [0.4, 0.5) is 0 Å². The van der Waals surface area contributed by atoms with E-state index >= 15 is 0 Å². The number of hydrogen-bond acceptors (Lipinski definition) is 1. The van der Waals surface area contributed by atoms with Gasteiger partial charge in [0.1, 0.15) is 0 Å². The molecule has 0 unspecified atom stereocenters. The zero-order valence-electron chi connectivity index (χ0n) is 12.0. The first kappa shape index (κ1) is 20.8. The van der Waals surface area contributed by atoms with Gasteiger partial charge in [0.2, 0.25) is 0 Å². The van der Waals surface area contributed by atoms with E-state index in [1.165, 1.54) is 0 Å². The molecule has 0 aliphatic rings. The summed E-state index contributed by atoms with van der Waals surface area (Å²) < 4.78 is 0. The van der Waals surface area contributed by atoms with Crippen LogP contribution in [0.3, 0.4) is 0 Å². The summed E-state index contributed by atoms with van der Waals surface area (Å²) in [5.41, 5.74) is 2.96. The van der Waals surface area contributed by atoms with Gasteiger partial charge in [-0.15, -0.1) is 0 Å². The van der Waals surface area contributed by atoms with Gasteiger partial charge in [0.05, 0.1) is 0 Å². The van der Waals surface area contributed by atoms with Gasteiger partial charge in [-0.25, -0.2) is 0 Å². The van der Waals surface area contributed by atoms with Crippen LogP contribution in [-0.2, 0) is 18.1 Å². The van der Waals surface area contributed by atoms with E-state index in [4.69, 9.17) is 66.5 Å². The van der Waals surface area contributed by atoms with E-state index in [9.17, 15) is 0 Å². The van der Waals surface area contributed by atoms with Crippen LogP contribution in [0.1, 0.15) is 16.8 Å². The van der Waals surface area contributed by atoms with E-state index in [0.717, 1.165) is 16.8 Å². The Morgan fingerprint density at radius 1 is 0.857 bits per heavy atom. The molecule has 0 saturated heterocycles. The Hall–Kier alpha value is 1.74. The summed E-state index contributed by atoms with van der Waals surface area (Å²) in [7, 11) is 1.75. The van der Waals surface area contributed by atoms with E-state index in [2.05, 4.69) is 4.89 Å². The minimum absolute atomic E-state index is 0.556. The molecular formula is C10H16BCl6NSi3. The monoisotopic (exact) mass is 455 g/mol. The van der Waals surface area contributed by atoms with Crippen LogP contribution in [0.25, 0.3) is 0 Å². The first-order valence-electron chi connectivity index (χ1n) is 6.36. The molecule has 0 amide bonds. The van der Waals surface area contributed by atoms with Gasteiger partial charge in [0.15, 0.2) is 0 Å².